The molecule has 0 bridgehead atoms. The number of β-lactam (4-membered cyclic amide) rings is 1. The number of nitrogens with one attached hydrogen (secondary N) is 2. The number of aromatic hydroxyl groups is 1. The van der Waals surface area contributed by atoms with Crippen LogP contribution in [0.3, 0.4) is 0 Å². The quantitative estimate of drug-likeness (QED) is 0.196. The number of halogens is 2. The number of likely N-dealkylation sites (tertiary alicyclic amines) is 1. The number of methoxy groups -OCH3 is 1. The van der Waals surface area contributed by atoms with Gasteiger partial charge in [-0.1, -0.05) is 18.9 Å². The van der Waals surface area contributed by atoms with Crippen molar-refractivity contribution in [1.82, 2.24) is 20.4 Å². The summed E-state index contributed by atoms with van der Waals surface area (Å²) in [6.07, 6.45) is 9.01. The van der Waals surface area contributed by atoms with Crippen molar-refractivity contribution in [2.24, 2.45) is 11.3 Å². The second-order valence-electron chi connectivity index (χ2n) is 16.6. The minimum Gasteiger partial charge on any atom is -0.503 e. The number of fused-ring (bicyclic) bond motifs is 1. The van der Waals surface area contributed by atoms with Crippen LogP contribution in [0.25, 0.3) is 0 Å². The number of benzene rings is 3. The average Bonchev–Trinajstić information content (AvgIpc) is 3.90. The fourth-order valence-corrected chi connectivity index (χ4v) is 9.50. The van der Waals surface area contributed by atoms with Crippen LogP contribution in [0.2, 0.25) is 0 Å². The smallest absolute Gasteiger partial charge is 0.251 e. The Kier molecular flexibility index (Phi) is 13.2. The number of carbonyl (C=O) groups excluding carboxylic acids is 4. The summed E-state index contributed by atoms with van der Waals surface area (Å²) in [6, 6.07) is 14.0. The molecule has 6 aliphatic rings. The number of phenolic OH excluding ortho intramolecular Hbond substituents is 1. The number of carbonyl (C=O) groups is 4. The average molecular weight is 815 g/mol. The topological polar surface area (TPSA) is 135 Å². The molecule has 1 aliphatic carbocycles. The van der Waals surface area contributed by atoms with Crippen molar-refractivity contribution in [3.63, 3.8) is 0 Å². The maximum atomic E-state index is 14.0. The van der Waals surface area contributed by atoms with Gasteiger partial charge < -0.3 is 25.0 Å². The summed E-state index contributed by atoms with van der Waals surface area (Å²) in [6.45, 7) is 8.97. The second kappa shape index (κ2) is 18.5. The molecule has 0 radical (unpaired) electrons. The Morgan fingerprint density at radius 2 is 1.58 bits per heavy atom. The predicted molar refractivity (Wildman–Crippen MR) is 220 cm³/mol. The van der Waals surface area contributed by atoms with Crippen molar-refractivity contribution in [3.8, 4) is 11.5 Å². The SMILES string of the molecule is CN1CCC(CCN2CCN(c3ccc4c(c3)CNC4=O)CC2)CC1.COc1ccc(F)cc1C1N(c2cccc(F)c2O)C(=O)C12CCCC2.O=C1CCCC(=O)N1. The molecular weight excluding hydrogens is 759 g/mol. The maximum absolute atomic E-state index is 14.0. The van der Waals surface area contributed by atoms with E-state index >= 15 is 0 Å². The van der Waals surface area contributed by atoms with Crippen molar-refractivity contribution >= 4 is 35.0 Å². The highest BCUT2D eigenvalue weighted by Crippen LogP contribution is 2.62. The molecule has 5 fully saturated rings. The molecule has 59 heavy (non-hydrogen) atoms. The van der Waals surface area contributed by atoms with Gasteiger partial charge in [0.25, 0.3) is 5.91 Å². The van der Waals surface area contributed by atoms with Crippen LogP contribution >= 0.6 is 0 Å². The highest BCUT2D eigenvalue weighted by atomic mass is 19.1. The number of hydrogen-bond donors (Lipinski definition) is 3. The zero-order chi connectivity index (χ0) is 41.7. The molecule has 9 rings (SSSR count). The van der Waals surface area contributed by atoms with Gasteiger partial charge in [0.1, 0.15) is 11.6 Å². The first-order chi connectivity index (χ1) is 28.5. The Balaban J connectivity index is 0.000000151. The van der Waals surface area contributed by atoms with Gasteiger partial charge in [-0.15, -0.1) is 0 Å². The van der Waals surface area contributed by atoms with Gasteiger partial charge in [0.15, 0.2) is 11.6 Å². The number of imide groups is 1. The van der Waals surface area contributed by atoms with Crippen LogP contribution in [0.15, 0.2) is 54.6 Å². The summed E-state index contributed by atoms with van der Waals surface area (Å²) in [5.74, 6) is -0.777. The van der Waals surface area contributed by atoms with Crippen LogP contribution in [0.4, 0.5) is 20.2 Å². The number of anilines is 2. The van der Waals surface area contributed by atoms with Crippen LogP contribution < -0.4 is 25.2 Å². The van der Waals surface area contributed by atoms with E-state index in [0.29, 0.717) is 50.0 Å². The van der Waals surface area contributed by atoms with E-state index < -0.39 is 28.8 Å². The molecule has 0 aromatic heterocycles. The van der Waals surface area contributed by atoms with Crippen molar-refractivity contribution < 1.29 is 37.8 Å². The molecule has 3 aromatic carbocycles. The van der Waals surface area contributed by atoms with E-state index in [2.05, 4.69) is 44.5 Å². The summed E-state index contributed by atoms with van der Waals surface area (Å²) in [4.78, 5) is 54.4. The summed E-state index contributed by atoms with van der Waals surface area (Å²) in [5, 5.41) is 15.3. The lowest BCUT2D eigenvalue weighted by Crippen LogP contribution is -2.62. The van der Waals surface area contributed by atoms with E-state index in [1.165, 1.54) is 86.9 Å². The summed E-state index contributed by atoms with van der Waals surface area (Å²) >= 11 is 0. The standard InChI is InChI=1S/C20H19F2NO3.C20H30N4O.C5H7NO2/c1-26-16-8-7-12(21)11-13(16)18-20(9-2-3-10-20)19(25)23(18)15-6-4-5-14(22)17(15)24;1-22-7-4-16(5-8-22)6-9-23-10-12-24(13-11-23)18-2-3-19-17(14-18)15-21-20(19)25;7-4-2-1-3-5(8)6-4/h4-8,11,18,24H,2-3,9-10H2,1H3;2-3,14,16H,4-13,15H2,1H3,(H,21,25);1-3H2,(H,6,7,8). The lowest BCUT2D eigenvalue weighted by molar-refractivity contribution is -0.140. The monoisotopic (exact) mass is 814 g/mol. The first-order valence-electron chi connectivity index (χ1n) is 21.0. The Morgan fingerprint density at radius 1 is 0.864 bits per heavy atom. The molecule has 1 atom stereocenters. The Labute approximate surface area is 344 Å². The van der Waals surface area contributed by atoms with E-state index in [1.807, 2.05) is 6.07 Å². The molecule has 3 aromatic rings. The molecule has 14 heteroatoms. The predicted octanol–water partition coefficient (Wildman–Crippen LogP) is 5.92. The van der Waals surface area contributed by atoms with E-state index in [1.54, 1.807) is 0 Å². The van der Waals surface area contributed by atoms with Gasteiger partial charge in [0.05, 0.1) is 24.3 Å². The fraction of sp³-hybridized carbons (Fsp3) is 0.511. The number of ether oxygens (including phenoxy) is 1. The highest BCUT2D eigenvalue weighted by Gasteiger charge is 2.63. The number of amides is 4. The number of phenols is 1. The van der Waals surface area contributed by atoms with Crippen LogP contribution in [0.5, 0.6) is 11.5 Å². The fourth-order valence-electron chi connectivity index (χ4n) is 9.50. The molecule has 12 nitrogen and oxygen atoms in total. The highest BCUT2D eigenvalue weighted by molar-refractivity contribution is 6.07. The number of para-hydroxylation sites is 1. The molecule has 4 amide bonds. The van der Waals surface area contributed by atoms with Crippen LogP contribution in [0.1, 0.15) is 91.7 Å². The van der Waals surface area contributed by atoms with Gasteiger partial charge in [0.2, 0.25) is 17.7 Å². The molecular formula is C45H56F2N6O6. The minimum absolute atomic E-state index is 0.0697. The van der Waals surface area contributed by atoms with Crippen molar-refractivity contribution in [3.05, 3.63) is 82.9 Å². The summed E-state index contributed by atoms with van der Waals surface area (Å²) in [7, 11) is 3.73. The number of hydrogen-bond acceptors (Lipinski definition) is 9. The number of rotatable bonds is 7. The first-order valence-corrected chi connectivity index (χ1v) is 21.0. The largest absolute Gasteiger partial charge is 0.503 e. The number of piperazine rings is 1. The van der Waals surface area contributed by atoms with E-state index in [4.69, 9.17) is 4.74 Å². The molecule has 316 valence electrons. The lowest BCUT2D eigenvalue weighted by atomic mass is 9.66. The summed E-state index contributed by atoms with van der Waals surface area (Å²) in [5.41, 5.74) is 3.25. The Morgan fingerprint density at radius 3 is 2.24 bits per heavy atom. The summed E-state index contributed by atoms with van der Waals surface area (Å²) < 4.78 is 33.2. The van der Waals surface area contributed by atoms with Crippen LogP contribution in [0, 0.1) is 23.0 Å². The first kappa shape index (κ1) is 42.1. The van der Waals surface area contributed by atoms with Gasteiger partial charge in [-0.3, -0.25) is 34.3 Å². The molecule has 5 aliphatic heterocycles. The van der Waals surface area contributed by atoms with E-state index in [9.17, 15) is 33.1 Å². The molecule has 1 saturated carbocycles. The van der Waals surface area contributed by atoms with Gasteiger partial charge in [0, 0.05) is 62.4 Å². The maximum Gasteiger partial charge on any atom is 0.251 e. The molecule has 1 unspecified atom stereocenters. The van der Waals surface area contributed by atoms with Crippen LogP contribution in [-0.2, 0) is 20.9 Å². The Bertz CT molecular complexity index is 2010. The van der Waals surface area contributed by atoms with E-state index in [0.717, 1.165) is 62.1 Å². The normalized spacial score (nSPS) is 21.8. The number of piperidine rings is 2. The third-order valence-corrected chi connectivity index (χ3v) is 12.9. The molecule has 4 saturated heterocycles. The van der Waals surface area contributed by atoms with Crippen LogP contribution in [-0.4, -0.2) is 98.5 Å². The van der Waals surface area contributed by atoms with Crippen molar-refractivity contribution in [2.45, 2.75) is 76.8 Å². The van der Waals surface area contributed by atoms with Crippen molar-refractivity contribution in [1.29, 1.82) is 0 Å². The Hall–Kier alpha value is -5.08. The second-order valence-corrected chi connectivity index (χ2v) is 16.6. The van der Waals surface area contributed by atoms with Gasteiger partial charge in [-0.2, -0.15) is 0 Å². The van der Waals surface area contributed by atoms with Crippen molar-refractivity contribution in [2.75, 3.05) is 69.8 Å². The zero-order valence-electron chi connectivity index (χ0n) is 34.1. The third kappa shape index (κ3) is 9.23. The van der Waals surface area contributed by atoms with Gasteiger partial charge >= 0.3 is 0 Å². The van der Waals surface area contributed by atoms with Gasteiger partial charge in [-0.25, -0.2) is 8.78 Å². The van der Waals surface area contributed by atoms with E-state index in [-0.39, 0.29) is 29.3 Å². The molecule has 5 heterocycles. The minimum atomic E-state index is -0.798. The molecule has 1 spiro atoms. The third-order valence-electron chi connectivity index (χ3n) is 12.9. The molecule has 3 N–H and O–H groups in total. The zero-order valence-corrected chi connectivity index (χ0v) is 34.1. The number of nitrogens with zero attached hydrogens (tertiary/aromatic N) is 4. The van der Waals surface area contributed by atoms with Gasteiger partial charge in [-0.05, 0) is 125 Å². The lowest BCUT2D eigenvalue weighted by Gasteiger charge is -2.55.